The van der Waals surface area contributed by atoms with E-state index in [1.54, 1.807) is 28.9 Å². The molecule has 0 saturated heterocycles. The number of aliphatic hydroxyl groups is 3. The zero-order chi connectivity index (χ0) is 18.4. The highest BCUT2D eigenvalue weighted by Gasteiger charge is 2.16. The maximum Gasteiger partial charge on any atom is 0.214 e. The summed E-state index contributed by atoms with van der Waals surface area (Å²) >= 11 is 1.33. The van der Waals surface area contributed by atoms with Crippen LogP contribution in [0.4, 0.5) is 0 Å². The van der Waals surface area contributed by atoms with Gasteiger partial charge in [-0.1, -0.05) is 54.2 Å². The van der Waals surface area contributed by atoms with E-state index < -0.39 is 12.2 Å². The summed E-state index contributed by atoms with van der Waals surface area (Å²) in [6, 6.07) is 16.5. The molecular formula is C18H20N4O3S. The molecule has 0 amide bonds. The number of benzene rings is 2. The molecule has 0 spiro atoms. The lowest BCUT2D eigenvalue weighted by Crippen LogP contribution is -2.15. The van der Waals surface area contributed by atoms with Gasteiger partial charge in [-0.3, -0.25) is 0 Å². The van der Waals surface area contributed by atoms with Gasteiger partial charge in [0, 0.05) is 12.2 Å². The third-order valence-electron chi connectivity index (χ3n) is 3.89. The number of aromatic nitrogens is 4. The molecular weight excluding hydrogens is 352 g/mol. The van der Waals surface area contributed by atoms with Crippen LogP contribution >= 0.6 is 11.8 Å². The highest BCUT2D eigenvalue weighted by Crippen LogP contribution is 2.23. The molecule has 1 heterocycles. The Bertz CT molecular complexity index is 811. The first-order chi connectivity index (χ1) is 12.7. The summed E-state index contributed by atoms with van der Waals surface area (Å²) in [6.45, 7) is -0.0359. The topological polar surface area (TPSA) is 104 Å². The highest BCUT2D eigenvalue weighted by atomic mass is 32.2. The number of hydrogen-bond donors (Lipinski definition) is 3. The molecule has 8 heteroatoms. The van der Waals surface area contributed by atoms with E-state index in [1.165, 1.54) is 11.8 Å². The number of hydrogen-bond acceptors (Lipinski definition) is 7. The molecule has 7 nitrogen and oxygen atoms in total. The largest absolute Gasteiger partial charge is 0.392 e. The van der Waals surface area contributed by atoms with Crippen molar-refractivity contribution < 1.29 is 15.3 Å². The lowest BCUT2D eigenvalue weighted by Gasteiger charge is -2.16. The molecule has 0 fully saturated rings. The zero-order valence-electron chi connectivity index (χ0n) is 14.0. The Morgan fingerprint density at radius 1 is 1.00 bits per heavy atom. The van der Waals surface area contributed by atoms with Crippen LogP contribution in [-0.2, 0) is 6.61 Å². The SMILES string of the molecule is OCc1ccc([C@@H](O)C[C@@H](O)CSc2nnnn2-c2ccccc2)cc1. The van der Waals surface area contributed by atoms with Crippen molar-refractivity contribution in [3.05, 3.63) is 65.7 Å². The van der Waals surface area contributed by atoms with Crippen molar-refractivity contribution in [1.29, 1.82) is 0 Å². The number of aliphatic hydroxyl groups excluding tert-OH is 3. The Labute approximate surface area is 155 Å². The lowest BCUT2D eigenvalue weighted by atomic mass is 10.0. The summed E-state index contributed by atoms with van der Waals surface area (Å²) in [5.74, 6) is 0.360. The highest BCUT2D eigenvalue weighted by molar-refractivity contribution is 7.99. The molecule has 0 saturated carbocycles. The van der Waals surface area contributed by atoms with E-state index in [0.29, 0.717) is 16.5 Å². The van der Waals surface area contributed by atoms with E-state index in [1.807, 2.05) is 30.3 Å². The van der Waals surface area contributed by atoms with Crippen molar-refractivity contribution in [2.24, 2.45) is 0 Å². The van der Waals surface area contributed by atoms with Crippen LogP contribution in [0.5, 0.6) is 0 Å². The summed E-state index contributed by atoms with van der Waals surface area (Å²) in [7, 11) is 0. The van der Waals surface area contributed by atoms with E-state index in [2.05, 4.69) is 15.5 Å². The van der Waals surface area contributed by atoms with Crippen LogP contribution in [0.1, 0.15) is 23.7 Å². The quantitative estimate of drug-likeness (QED) is 0.517. The number of tetrazole rings is 1. The average Bonchev–Trinajstić information content (AvgIpc) is 3.16. The summed E-state index contributed by atoms with van der Waals surface area (Å²) in [4.78, 5) is 0. The normalized spacial score (nSPS) is 13.5. The van der Waals surface area contributed by atoms with Gasteiger partial charge in [-0.2, -0.15) is 4.68 Å². The van der Waals surface area contributed by atoms with Crippen LogP contribution in [0.15, 0.2) is 59.8 Å². The monoisotopic (exact) mass is 372 g/mol. The van der Waals surface area contributed by atoms with Gasteiger partial charge in [0.2, 0.25) is 5.16 Å². The summed E-state index contributed by atoms with van der Waals surface area (Å²) in [6.07, 6.45) is -1.28. The number of nitrogens with zero attached hydrogens (tertiary/aromatic N) is 4. The number of rotatable bonds is 8. The van der Waals surface area contributed by atoms with Crippen molar-refractivity contribution >= 4 is 11.8 Å². The molecule has 136 valence electrons. The van der Waals surface area contributed by atoms with Gasteiger partial charge < -0.3 is 15.3 Å². The minimum Gasteiger partial charge on any atom is -0.392 e. The van der Waals surface area contributed by atoms with Gasteiger partial charge in [0.05, 0.1) is 24.5 Å². The Balaban J connectivity index is 1.56. The molecule has 0 aliphatic heterocycles. The van der Waals surface area contributed by atoms with Crippen molar-refractivity contribution in [1.82, 2.24) is 20.2 Å². The Morgan fingerprint density at radius 2 is 1.73 bits per heavy atom. The van der Waals surface area contributed by atoms with E-state index in [-0.39, 0.29) is 13.0 Å². The lowest BCUT2D eigenvalue weighted by molar-refractivity contribution is 0.0930. The second-order valence-electron chi connectivity index (χ2n) is 5.82. The number of para-hydroxylation sites is 1. The first-order valence-corrected chi connectivity index (χ1v) is 9.18. The Kier molecular flexibility index (Phi) is 6.35. The van der Waals surface area contributed by atoms with Gasteiger partial charge in [-0.05, 0) is 33.7 Å². The Hall–Kier alpha value is -2.26. The molecule has 0 unspecified atom stereocenters. The molecule has 2 atom stereocenters. The molecule has 3 aromatic rings. The van der Waals surface area contributed by atoms with Crippen molar-refractivity contribution in [3.63, 3.8) is 0 Å². The van der Waals surface area contributed by atoms with Gasteiger partial charge in [0.15, 0.2) is 0 Å². The molecule has 2 aromatic carbocycles. The van der Waals surface area contributed by atoms with Crippen LogP contribution in [0, 0.1) is 0 Å². The summed E-state index contributed by atoms with van der Waals surface area (Å²) in [5.41, 5.74) is 2.34. The van der Waals surface area contributed by atoms with Gasteiger partial charge in [0.1, 0.15) is 0 Å². The number of thioether (sulfide) groups is 1. The van der Waals surface area contributed by atoms with Gasteiger partial charge in [0.25, 0.3) is 0 Å². The predicted molar refractivity (Wildman–Crippen MR) is 97.8 cm³/mol. The molecule has 3 N–H and O–H groups in total. The second-order valence-corrected chi connectivity index (χ2v) is 6.81. The average molecular weight is 372 g/mol. The molecule has 3 rings (SSSR count). The van der Waals surface area contributed by atoms with E-state index in [9.17, 15) is 10.2 Å². The summed E-state index contributed by atoms with van der Waals surface area (Å²) < 4.78 is 1.61. The van der Waals surface area contributed by atoms with E-state index in [4.69, 9.17) is 5.11 Å². The maximum absolute atomic E-state index is 10.3. The van der Waals surface area contributed by atoms with Crippen LogP contribution in [-0.4, -0.2) is 47.4 Å². The maximum atomic E-state index is 10.3. The third-order valence-corrected chi connectivity index (χ3v) is 4.95. The van der Waals surface area contributed by atoms with Gasteiger partial charge in [-0.25, -0.2) is 0 Å². The van der Waals surface area contributed by atoms with Crippen LogP contribution in [0.25, 0.3) is 5.69 Å². The first kappa shape index (κ1) is 18.5. The van der Waals surface area contributed by atoms with Crippen LogP contribution < -0.4 is 0 Å². The van der Waals surface area contributed by atoms with E-state index in [0.717, 1.165) is 11.3 Å². The molecule has 1 aromatic heterocycles. The van der Waals surface area contributed by atoms with Crippen LogP contribution in [0.2, 0.25) is 0 Å². The molecule has 0 radical (unpaired) electrons. The first-order valence-electron chi connectivity index (χ1n) is 8.20. The van der Waals surface area contributed by atoms with Crippen molar-refractivity contribution in [3.8, 4) is 5.69 Å². The van der Waals surface area contributed by atoms with Gasteiger partial charge >= 0.3 is 0 Å². The molecule has 0 aliphatic carbocycles. The molecule has 0 bridgehead atoms. The second kappa shape index (κ2) is 8.91. The zero-order valence-corrected chi connectivity index (χ0v) is 14.8. The standard InChI is InChI=1S/C18H20N4O3S/c23-11-13-6-8-14(9-7-13)17(25)10-16(24)12-26-18-19-20-21-22(18)15-4-2-1-3-5-15/h1-9,16-17,23-25H,10-12H2/t16-,17+/m1/s1. The van der Waals surface area contributed by atoms with E-state index >= 15 is 0 Å². The van der Waals surface area contributed by atoms with Crippen molar-refractivity contribution in [2.75, 3.05) is 5.75 Å². The minimum atomic E-state index is -0.775. The molecule has 0 aliphatic rings. The third kappa shape index (κ3) is 4.67. The minimum absolute atomic E-state index is 0.0359. The fourth-order valence-corrected chi connectivity index (χ4v) is 3.31. The predicted octanol–water partition coefficient (Wildman–Crippen LogP) is 1.73. The fourth-order valence-electron chi connectivity index (χ4n) is 2.48. The molecule has 26 heavy (non-hydrogen) atoms. The Morgan fingerprint density at radius 3 is 2.42 bits per heavy atom. The smallest absolute Gasteiger partial charge is 0.214 e. The van der Waals surface area contributed by atoms with Crippen LogP contribution in [0.3, 0.4) is 0 Å². The van der Waals surface area contributed by atoms with Gasteiger partial charge in [-0.15, -0.1) is 5.10 Å². The van der Waals surface area contributed by atoms with Crippen molar-refractivity contribution in [2.45, 2.75) is 30.4 Å². The fraction of sp³-hybridized carbons (Fsp3) is 0.278. The summed E-state index contributed by atoms with van der Waals surface area (Å²) in [5, 5.41) is 41.8.